The van der Waals surface area contributed by atoms with E-state index in [9.17, 15) is 10.2 Å². The molecule has 2 rings (SSSR count). The standard InChI is InChI=1S/C30H52O3/c1-22(13-9-15-24(3)21-31)11-8-12-23(2)14-10-16-26-29(6)19-18-27(32)28(4,5)25(29)17-20-30(26,7)33/h11,14-15,25-27,31-33H,8-10,12-13,16-21H2,1-7H3/b22-11+,23-14+,24-15+/t25-,26+,27?,29-,30+/m0/s1. The minimum atomic E-state index is -0.617. The zero-order valence-electron chi connectivity index (χ0n) is 22.6. The molecule has 0 aliphatic heterocycles. The summed E-state index contributed by atoms with van der Waals surface area (Å²) >= 11 is 0. The van der Waals surface area contributed by atoms with Gasteiger partial charge in [-0.25, -0.2) is 0 Å². The third-order valence-electron chi connectivity index (χ3n) is 9.26. The average Bonchev–Trinajstić information content (AvgIpc) is 2.72. The number of allylic oxidation sites excluding steroid dienone is 5. The summed E-state index contributed by atoms with van der Waals surface area (Å²) in [4.78, 5) is 0. The van der Waals surface area contributed by atoms with Crippen LogP contribution < -0.4 is 0 Å². The van der Waals surface area contributed by atoms with E-state index >= 15 is 0 Å². The van der Waals surface area contributed by atoms with Crippen molar-refractivity contribution in [2.45, 2.75) is 124 Å². The van der Waals surface area contributed by atoms with Gasteiger partial charge in [-0.15, -0.1) is 0 Å². The Labute approximate surface area is 204 Å². The van der Waals surface area contributed by atoms with Gasteiger partial charge in [-0.05, 0) is 115 Å². The van der Waals surface area contributed by atoms with Gasteiger partial charge in [0.1, 0.15) is 0 Å². The molecule has 0 aromatic rings. The first-order valence-electron chi connectivity index (χ1n) is 13.3. The predicted octanol–water partition coefficient (Wildman–Crippen LogP) is 7.12. The lowest BCUT2D eigenvalue weighted by atomic mass is 9.44. The summed E-state index contributed by atoms with van der Waals surface area (Å²) in [5.41, 5.74) is 3.30. The van der Waals surface area contributed by atoms with Crippen molar-refractivity contribution in [3.05, 3.63) is 34.9 Å². The smallest absolute Gasteiger partial charge is 0.0653 e. The fraction of sp³-hybridized carbons (Fsp3) is 0.800. The summed E-state index contributed by atoms with van der Waals surface area (Å²) in [5.74, 6) is 0.741. The molecule has 0 amide bonds. The van der Waals surface area contributed by atoms with E-state index in [1.807, 2.05) is 6.92 Å². The number of rotatable bonds is 10. The second kappa shape index (κ2) is 11.7. The second-order valence-electron chi connectivity index (χ2n) is 12.3. The van der Waals surface area contributed by atoms with E-state index in [1.165, 1.54) is 11.1 Å². The lowest BCUT2D eigenvalue weighted by Gasteiger charge is -2.62. The predicted molar refractivity (Wildman–Crippen MR) is 140 cm³/mol. The van der Waals surface area contributed by atoms with Crippen molar-refractivity contribution in [1.29, 1.82) is 0 Å². The maximum atomic E-state index is 11.4. The largest absolute Gasteiger partial charge is 0.393 e. The lowest BCUT2D eigenvalue weighted by molar-refractivity contribution is -0.195. The Morgan fingerprint density at radius 1 is 0.818 bits per heavy atom. The highest BCUT2D eigenvalue weighted by atomic mass is 16.3. The second-order valence-corrected chi connectivity index (χ2v) is 12.3. The summed E-state index contributed by atoms with van der Waals surface area (Å²) in [5, 5.41) is 31.1. The molecule has 2 aliphatic carbocycles. The van der Waals surface area contributed by atoms with Crippen molar-refractivity contribution in [3.63, 3.8) is 0 Å². The third-order valence-corrected chi connectivity index (χ3v) is 9.26. The van der Waals surface area contributed by atoms with E-state index in [0.717, 1.165) is 69.8 Å². The highest BCUT2D eigenvalue weighted by Crippen LogP contribution is 2.62. The molecule has 3 heteroatoms. The van der Waals surface area contributed by atoms with E-state index in [4.69, 9.17) is 5.11 Å². The van der Waals surface area contributed by atoms with Gasteiger partial charge in [-0.3, -0.25) is 0 Å². The van der Waals surface area contributed by atoms with Crippen LogP contribution in [0.25, 0.3) is 0 Å². The van der Waals surface area contributed by atoms with Crippen LogP contribution in [0, 0.1) is 22.7 Å². The Bertz CT molecular complexity index is 727. The highest BCUT2D eigenvalue weighted by molar-refractivity contribution is 5.11. The Morgan fingerprint density at radius 2 is 1.36 bits per heavy atom. The molecule has 0 saturated heterocycles. The number of hydrogen-bond acceptors (Lipinski definition) is 3. The molecular weight excluding hydrogens is 408 g/mol. The fourth-order valence-corrected chi connectivity index (χ4v) is 7.01. The Hall–Kier alpha value is -0.900. The molecule has 0 aromatic heterocycles. The lowest BCUT2D eigenvalue weighted by Crippen LogP contribution is -2.60. The van der Waals surface area contributed by atoms with Gasteiger partial charge < -0.3 is 15.3 Å². The van der Waals surface area contributed by atoms with Gasteiger partial charge in [0, 0.05) is 0 Å². The Kier molecular flexibility index (Phi) is 10.0. The molecule has 0 spiro atoms. The zero-order chi connectivity index (χ0) is 24.9. The summed E-state index contributed by atoms with van der Waals surface area (Å²) in [7, 11) is 0. The van der Waals surface area contributed by atoms with Gasteiger partial charge in [-0.1, -0.05) is 55.7 Å². The maximum absolute atomic E-state index is 11.4. The van der Waals surface area contributed by atoms with Crippen molar-refractivity contribution < 1.29 is 15.3 Å². The van der Waals surface area contributed by atoms with Gasteiger partial charge >= 0.3 is 0 Å². The Balaban J connectivity index is 1.92. The van der Waals surface area contributed by atoms with E-state index in [0.29, 0.717) is 5.92 Å². The van der Waals surface area contributed by atoms with E-state index in [1.54, 1.807) is 0 Å². The summed E-state index contributed by atoms with van der Waals surface area (Å²) in [6.45, 7) is 15.5. The van der Waals surface area contributed by atoms with Crippen LogP contribution in [0.4, 0.5) is 0 Å². The molecule has 0 heterocycles. The Morgan fingerprint density at radius 3 is 1.94 bits per heavy atom. The molecule has 1 unspecified atom stereocenters. The molecule has 0 radical (unpaired) electrons. The van der Waals surface area contributed by atoms with Gasteiger partial charge in [-0.2, -0.15) is 0 Å². The van der Waals surface area contributed by atoms with Crippen LogP contribution in [0.5, 0.6) is 0 Å². The molecule has 3 N–H and O–H groups in total. The first kappa shape index (κ1) is 28.3. The quantitative estimate of drug-likeness (QED) is 0.304. The van der Waals surface area contributed by atoms with E-state index in [-0.39, 0.29) is 29.5 Å². The number of aliphatic hydroxyl groups excluding tert-OH is 2. The van der Waals surface area contributed by atoms with Crippen LogP contribution in [-0.2, 0) is 0 Å². The van der Waals surface area contributed by atoms with Crippen LogP contribution in [0.15, 0.2) is 34.9 Å². The molecular formula is C30H52O3. The molecule has 2 saturated carbocycles. The minimum absolute atomic E-state index is 0.0791. The monoisotopic (exact) mass is 460 g/mol. The molecule has 2 aliphatic rings. The van der Waals surface area contributed by atoms with Crippen molar-refractivity contribution in [2.24, 2.45) is 22.7 Å². The molecule has 0 aromatic carbocycles. The van der Waals surface area contributed by atoms with Crippen molar-refractivity contribution >= 4 is 0 Å². The topological polar surface area (TPSA) is 60.7 Å². The summed E-state index contributed by atoms with van der Waals surface area (Å²) in [6.07, 6.45) is 16.6. The summed E-state index contributed by atoms with van der Waals surface area (Å²) in [6, 6.07) is 0. The first-order chi connectivity index (χ1) is 15.3. The SMILES string of the molecule is C/C(=C\CC/C(C)=C/CC/C(C)=C/CC[C@@H]1[C@@]2(C)CCC(O)C(C)(C)[C@@H]2CC[C@@]1(C)O)CO. The van der Waals surface area contributed by atoms with Gasteiger partial charge in [0.2, 0.25) is 0 Å². The van der Waals surface area contributed by atoms with Crippen molar-refractivity contribution in [2.75, 3.05) is 6.61 Å². The van der Waals surface area contributed by atoms with Crippen molar-refractivity contribution in [1.82, 2.24) is 0 Å². The zero-order valence-corrected chi connectivity index (χ0v) is 22.6. The molecule has 3 nitrogen and oxygen atoms in total. The molecule has 5 atom stereocenters. The van der Waals surface area contributed by atoms with Crippen LogP contribution in [0.2, 0.25) is 0 Å². The molecule has 0 bridgehead atoms. The van der Waals surface area contributed by atoms with Crippen LogP contribution >= 0.6 is 0 Å². The first-order valence-corrected chi connectivity index (χ1v) is 13.3. The molecule has 190 valence electrons. The van der Waals surface area contributed by atoms with Crippen LogP contribution in [0.1, 0.15) is 113 Å². The van der Waals surface area contributed by atoms with Gasteiger partial charge in [0.05, 0.1) is 18.3 Å². The summed E-state index contributed by atoms with van der Waals surface area (Å²) < 4.78 is 0. The molecule has 2 fully saturated rings. The maximum Gasteiger partial charge on any atom is 0.0653 e. The van der Waals surface area contributed by atoms with Gasteiger partial charge in [0.25, 0.3) is 0 Å². The number of aliphatic hydroxyl groups is 3. The average molecular weight is 461 g/mol. The molecule has 33 heavy (non-hydrogen) atoms. The minimum Gasteiger partial charge on any atom is -0.393 e. The van der Waals surface area contributed by atoms with Crippen molar-refractivity contribution in [3.8, 4) is 0 Å². The van der Waals surface area contributed by atoms with Crippen LogP contribution in [0.3, 0.4) is 0 Å². The normalized spacial score (nSPS) is 35.5. The highest BCUT2D eigenvalue weighted by Gasteiger charge is 2.59. The number of fused-ring (bicyclic) bond motifs is 1. The van der Waals surface area contributed by atoms with E-state index < -0.39 is 5.60 Å². The number of hydrogen-bond donors (Lipinski definition) is 3. The van der Waals surface area contributed by atoms with Gasteiger partial charge in [0.15, 0.2) is 0 Å². The van der Waals surface area contributed by atoms with E-state index in [2.05, 4.69) is 59.8 Å². The van der Waals surface area contributed by atoms with Crippen LogP contribution in [-0.4, -0.2) is 33.6 Å². The fourth-order valence-electron chi connectivity index (χ4n) is 7.01. The third kappa shape index (κ3) is 7.05.